The molecule has 0 bridgehead atoms. The number of hydrogen-bond donors (Lipinski definition) is 0. The lowest BCUT2D eigenvalue weighted by molar-refractivity contribution is -0.0662. The molecule has 102 valence electrons. The van der Waals surface area contributed by atoms with E-state index in [9.17, 15) is 0 Å². The molecule has 0 aromatic rings. The third-order valence-electron chi connectivity index (χ3n) is 4.40. The minimum Gasteiger partial charge on any atom is -0.301 e. The predicted molar refractivity (Wildman–Crippen MR) is 76.4 cm³/mol. The summed E-state index contributed by atoms with van der Waals surface area (Å²) in [4.78, 5) is 5.24. The predicted octanol–water partition coefficient (Wildman–Crippen LogP) is 3.23. The SMILES string of the molecule is CC.CC(C)N1CCC2(CC1)CN(C(C)C)C2. The zero-order valence-electron chi connectivity index (χ0n) is 12.8. The lowest BCUT2D eigenvalue weighted by Crippen LogP contribution is -2.62. The summed E-state index contributed by atoms with van der Waals surface area (Å²) in [6, 6.07) is 1.49. The van der Waals surface area contributed by atoms with Crippen LogP contribution in [0, 0.1) is 5.41 Å². The molecule has 0 unspecified atom stereocenters. The van der Waals surface area contributed by atoms with Gasteiger partial charge in [-0.1, -0.05) is 13.8 Å². The Bertz CT molecular complexity index is 207. The Morgan fingerprint density at radius 1 is 0.765 bits per heavy atom. The van der Waals surface area contributed by atoms with Crippen molar-refractivity contribution >= 4 is 0 Å². The van der Waals surface area contributed by atoms with E-state index in [4.69, 9.17) is 0 Å². The topological polar surface area (TPSA) is 6.48 Å². The van der Waals surface area contributed by atoms with Gasteiger partial charge in [-0.25, -0.2) is 0 Å². The molecule has 2 nitrogen and oxygen atoms in total. The molecule has 1 spiro atoms. The van der Waals surface area contributed by atoms with Gasteiger partial charge in [0.1, 0.15) is 0 Å². The standard InChI is InChI=1S/C13H26N2.C2H6/c1-11(2)14-7-5-13(6-8-14)9-15(10-13)12(3)4;1-2/h11-12H,5-10H2,1-4H3;1-2H3. The highest BCUT2D eigenvalue weighted by Gasteiger charge is 2.45. The van der Waals surface area contributed by atoms with Gasteiger partial charge >= 0.3 is 0 Å². The molecule has 2 heterocycles. The van der Waals surface area contributed by atoms with Gasteiger partial charge in [-0.15, -0.1) is 0 Å². The van der Waals surface area contributed by atoms with Crippen molar-refractivity contribution in [3.8, 4) is 0 Å². The molecule has 2 heteroatoms. The molecule has 0 aromatic carbocycles. The molecule has 0 amide bonds. The quantitative estimate of drug-likeness (QED) is 0.731. The Balaban J connectivity index is 0.000000686. The first-order chi connectivity index (χ1) is 8.02. The van der Waals surface area contributed by atoms with Gasteiger partial charge in [0.05, 0.1) is 0 Å². The minimum atomic E-state index is 0.704. The molecule has 0 saturated carbocycles. The molecule has 0 aromatic heterocycles. The molecule has 2 aliphatic rings. The maximum absolute atomic E-state index is 2.63. The summed E-state index contributed by atoms with van der Waals surface area (Å²) < 4.78 is 0. The van der Waals surface area contributed by atoms with E-state index >= 15 is 0 Å². The number of piperidine rings is 1. The molecule has 2 saturated heterocycles. The van der Waals surface area contributed by atoms with Gasteiger partial charge in [-0.2, -0.15) is 0 Å². The zero-order valence-corrected chi connectivity index (χ0v) is 12.8. The second kappa shape index (κ2) is 6.19. The third-order valence-corrected chi connectivity index (χ3v) is 4.40. The first-order valence-corrected chi connectivity index (χ1v) is 7.50. The summed E-state index contributed by atoms with van der Waals surface area (Å²) in [6.07, 6.45) is 2.85. The zero-order chi connectivity index (χ0) is 13.1. The number of likely N-dealkylation sites (tertiary alicyclic amines) is 2. The minimum absolute atomic E-state index is 0.704. The summed E-state index contributed by atoms with van der Waals surface area (Å²) in [6.45, 7) is 18.6. The molecular formula is C15H32N2. The van der Waals surface area contributed by atoms with Crippen LogP contribution in [0.25, 0.3) is 0 Å². The van der Waals surface area contributed by atoms with Gasteiger partial charge in [0.25, 0.3) is 0 Å². The average molecular weight is 240 g/mol. The first kappa shape index (κ1) is 15.0. The molecular weight excluding hydrogens is 208 g/mol. The van der Waals surface area contributed by atoms with E-state index in [2.05, 4.69) is 37.5 Å². The van der Waals surface area contributed by atoms with E-state index in [1.165, 1.54) is 39.0 Å². The van der Waals surface area contributed by atoms with Crippen LogP contribution in [-0.2, 0) is 0 Å². The van der Waals surface area contributed by atoms with Crippen molar-refractivity contribution < 1.29 is 0 Å². The maximum Gasteiger partial charge on any atom is 0.00541 e. The fourth-order valence-corrected chi connectivity index (χ4v) is 3.01. The van der Waals surface area contributed by atoms with Crippen molar-refractivity contribution in [1.82, 2.24) is 9.80 Å². The van der Waals surface area contributed by atoms with E-state index in [1.54, 1.807) is 0 Å². The van der Waals surface area contributed by atoms with Crippen LogP contribution in [0.3, 0.4) is 0 Å². The highest BCUT2D eigenvalue weighted by molar-refractivity contribution is 4.99. The molecule has 0 atom stereocenters. The molecule has 2 rings (SSSR count). The van der Waals surface area contributed by atoms with Crippen LogP contribution >= 0.6 is 0 Å². The fourth-order valence-electron chi connectivity index (χ4n) is 3.01. The Labute approximate surface area is 108 Å². The molecule has 17 heavy (non-hydrogen) atoms. The highest BCUT2D eigenvalue weighted by atomic mass is 15.2. The van der Waals surface area contributed by atoms with Crippen molar-refractivity contribution in [1.29, 1.82) is 0 Å². The van der Waals surface area contributed by atoms with Gasteiger partial charge < -0.3 is 4.90 Å². The first-order valence-electron chi connectivity index (χ1n) is 7.50. The summed E-state index contributed by atoms with van der Waals surface area (Å²) >= 11 is 0. The van der Waals surface area contributed by atoms with Gasteiger partial charge in [0.2, 0.25) is 0 Å². The van der Waals surface area contributed by atoms with Crippen molar-refractivity contribution in [3.63, 3.8) is 0 Å². The van der Waals surface area contributed by atoms with Crippen molar-refractivity contribution in [2.24, 2.45) is 5.41 Å². The second-order valence-electron chi connectivity index (χ2n) is 6.13. The van der Waals surface area contributed by atoms with E-state index in [-0.39, 0.29) is 0 Å². The molecule has 2 fully saturated rings. The van der Waals surface area contributed by atoms with Gasteiger partial charge in [0, 0.05) is 25.2 Å². The van der Waals surface area contributed by atoms with Gasteiger partial charge in [0.15, 0.2) is 0 Å². The summed E-state index contributed by atoms with van der Waals surface area (Å²) in [7, 11) is 0. The normalized spacial score (nSPS) is 24.7. The van der Waals surface area contributed by atoms with Crippen LogP contribution in [0.5, 0.6) is 0 Å². The van der Waals surface area contributed by atoms with E-state index in [0.29, 0.717) is 5.41 Å². The number of rotatable bonds is 2. The smallest absolute Gasteiger partial charge is 0.00541 e. The van der Waals surface area contributed by atoms with Crippen LogP contribution in [0.2, 0.25) is 0 Å². The van der Waals surface area contributed by atoms with E-state index in [1.807, 2.05) is 13.8 Å². The average Bonchev–Trinajstić information content (AvgIpc) is 2.28. The lowest BCUT2D eigenvalue weighted by atomic mass is 9.71. The molecule has 2 aliphatic heterocycles. The van der Waals surface area contributed by atoms with Gasteiger partial charge in [-0.05, 0) is 59.0 Å². The van der Waals surface area contributed by atoms with Crippen molar-refractivity contribution in [3.05, 3.63) is 0 Å². The fraction of sp³-hybridized carbons (Fsp3) is 1.00. The van der Waals surface area contributed by atoms with E-state index < -0.39 is 0 Å². The summed E-state index contributed by atoms with van der Waals surface area (Å²) in [5.74, 6) is 0. The number of hydrogen-bond acceptors (Lipinski definition) is 2. The Morgan fingerprint density at radius 2 is 1.18 bits per heavy atom. The molecule has 0 N–H and O–H groups in total. The lowest BCUT2D eigenvalue weighted by Gasteiger charge is -2.56. The summed E-state index contributed by atoms with van der Waals surface area (Å²) in [5, 5.41) is 0. The number of nitrogens with zero attached hydrogens (tertiary/aromatic N) is 2. The third kappa shape index (κ3) is 3.45. The highest BCUT2D eigenvalue weighted by Crippen LogP contribution is 2.41. The van der Waals surface area contributed by atoms with Crippen LogP contribution in [0.1, 0.15) is 54.4 Å². The largest absolute Gasteiger partial charge is 0.301 e. The van der Waals surface area contributed by atoms with Crippen molar-refractivity contribution in [2.45, 2.75) is 66.5 Å². The van der Waals surface area contributed by atoms with Crippen LogP contribution in [0.4, 0.5) is 0 Å². The Kier molecular flexibility index (Phi) is 5.46. The van der Waals surface area contributed by atoms with Crippen LogP contribution in [-0.4, -0.2) is 48.1 Å². The monoisotopic (exact) mass is 240 g/mol. The second-order valence-corrected chi connectivity index (χ2v) is 6.13. The Morgan fingerprint density at radius 3 is 1.53 bits per heavy atom. The van der Waals surface area contributed by atoms with E-state index in [0.717, 1.165) is 12.1 Å². The van der Waals surface area contributed by atoms with Crippen LogP contribution in [0.15, 0.2) is 0 Å². The summed E-state index contributed by atoms with van der Waals surface area (Å²) in [5.41, 5.74) is 0.704. The molecule has 0 radical (unpaired) electrons. The van der Waals surface area contributed by atoms with Gasteiger partial charge in [-0.3, -0.25) is 4.90 Å². The van der Waals surface area contributed by atoms with Crippen LogP contribution < -0.4 is 0 Å². The Hall–Kier alpha value is -0.0800. The maximum atomic E-state index is 2.63. The molecule has 0 aliphatic carbocycles. The van der Waals surface area contributed by atoms with Crippen molar-refractivity contribution in [2.75, 3.05) is 26.2 Å².